The van der Waals surface area contributed by atoms with E-state index in [9.17, 15) is 0 Å². The highest BCUT2D eigenvalue weighted by Crippen LogP contribution is 2.09. The molecule has 0 heterocycles. The number of hydrogen-bond donors (Lipinski definition) is 6. The first-order chi connectivity index (χ1) is 11.0. The van der Waals surface area contributed by atoms with E-state index in [2.05, 4.69) is 0 Å². The van der Waals surface area contributed by atoms with E-state index in [1.54, 1.807) is 0 Å². The summed E-state index contributed by atoms with van der Waals surface area (Å²) in [4.78, 5) is 27.0. The molecule has 0 saturated heterocycles. The first kappa shape index (κ1) is 30.2. The smallest absolute Gasteiger partial charge is 0.300 e. The number of rotatable bonds is 8. The van der Waals surface area contributed by atoms with E-state index < -0.39 is 17.9 Å². The van der Waals surface area contributed by atoms with E-state index >= 15 is 0 Å². The van der Waals surface area contributed by atoms with Crippen molar-refractivity contribution < 1.29 is 45.0 Å². The quantitative estimate of drug-likeness (QED) is 0.344. The van der Waals surface area contributed by atoms with Crippen molar-refractivity contribution in [2.45, 2.75) is 52.9 Å². The van der Waals surface area contributed by atoms with Gasteiger partial charge in [-0.2, -0.15) is 0 Å². The summed E-state index contributed by atoms with van der Waals surface area (Å²) < 4.78 is 0. The Kier molecular flexibility index (Phi) is 33.0. The van der Waals surface area contributed by atoms with Gasteiger partial charge in [0.1, 0.15) is 0 Å². The molecule has 0 aliphatic heterocycles. The van der Waals surface area contributed by atoms with Crippen molar-refractivity contribution in [2.75, 3.05) is 19.8 Å². The highest BCUT2D eigenvalue weighted by Gasteiger charge is 2.04. The Morgan fingerprint density at radius 3 is 1.21 bits per heavy atom. The van der Waals surface area contributed by atoms with Crippen LogP contribution in [-0.2, 0) is 14.4 Å². The predicted octanol–water partition coefficient (Wildman–Crippen LogP) is 0.803. The molecule has 0 unspecified atom stereocenters. The second kappa shape index (κ2) is 26.2. The van der Waals surface area contributed by atoms with Crippen molar-refractivity contribution in [2.24, 2.45) is 5.92 Å². The van der Waals surface area contributed by atoms with Crippen LogP contribution in [0.15, 0.2) is 0 Å². The van der Waals surface area contributed by atoms with E-state index in [1.807, 2.05) is 0 Å². The summed E-state index contributed by atoms with van der Waals surface area (Å²) >= 11 is 0. The summed E-state index contributed by atoms with van der Waals surface area (Å²) in [6.45, 7) is 3.68. The number of aliphatic carboxylic acids is 3. The minimum absolute atomic E-state index is 0.0547. The van der Waals surface area contributed by atoms with Gasteiger partial charge in [0.15, 0.2) is 0 Å². The van der Waals surface area contributed by atoms with Crippen molar-refractivity contribution in [3.8, 4) is 0 Å². The SMILES string of the molecule is CC(=O)O.CC(=O)O.CC(=O)O.OCCCCCCC(CO)CO. The second-order valence-electron chi connectivity index (χ2n) is 4.71. The lowest BCUT2D eigenvalue weighted by Gasteiger charge is -2.09. The van der Waals surface area contributed by atoms with E-state index in [0.717, 1.165) is 52.9 Å². The van der Waals surface area contributed by atoms with E-state index in [1.165, 1.54) is 0 Å². The minimum Gasteiger partial charge on any atom is -0.481 e. The number of aliphatic hydroxyl groups excluding tert-OH is 3. The van der Waals surface area contributed by atoms with Gasteiger partial charge in [-0.3, -0.25) is 14.4 Å². The summed E-state index contributed by atoms with van der Waals surface area (Å²) in [6, 6.07) is 0. The Morgan fingerprint density at radius 2 is 0.958 bits per heavy atom. The summed E-state index contributed by atoms with van der Waals surface area (Å²) in [5.74, 6) is -2.45. The lowest BCUT2D eigenvalue weighted by molar-refractivity contribution is -0.135. The van der Waals surface area contributed by atoms with Gasteiger partial charge in [-0.25, -0.2) is 0 Å². The topological polar surface area (TPSA) is 173 Å². The van der Waals surface area contributed by atoms with Crippen molar-refractivity contribution >= 4 is 17.9 Å². The molecule has 0 bridgehead atoms. The molecule has 0 aliphatic carbocycles. The summed E-state index contributed by atoms with van der Waals surface area (Å²) in [7, 11) is 0. The van der Waals surface area contributed by atoms with Gasteiger partial charge in [0.05, 0.1) is 0 Å². The number of carboxylic acid groups (broad SMARTS) is 3. The molecule has 0 atom stereocenters. The molecule has 0 aromatic heterocycles. The fraction of sp³-hybridized carbons (Fsp3) is 0.800. The van der Waals surface area contributed by atoms with Gasteiger partial charge < -0.3 is 30.6 Å². The van der Waals surface area contributed by atoms with Gasteiger partial charge in [0.25, 0.3) is 17.9 Å². The molecule has 0 spiro atoms. The normalized spacial score (nSPS) is 8.62. The van der Waals surface area contributed by atoms with E-state index in [0.29, 0.717) is 0 Å². The Labute approximate surface area is 142 Å². The van der Waals surface area contributed by atoms with E-state index in [4.69, 9.17) is 45.0 Å². The molecule has 9 nitrogen and oxygen atoms in total. The largest absolute Gasteiger partial charge is 0.481 e. The van der Waals surface area contributed by atoms with Crippen LogP contribution in [0, 0.1) is 5.92 Å². The molecule has 9 heteroatoms. The third kappa shape index (κ3) is 87.5. The van der Waals surface area contributed by atoms with Gasteiger partial charge in [0, 0.05) is 46.5 Å². The van der Waals surface area contributed by atoms with Crippen LogP contribution in [0.4, 0.5) is 0 Å². The maximum absolute atomic E-state index is 9.00. The fourth-order valence-corrected chi connectivity index (χ4v) is 1.14. The number of carbonyl (C=O) groups is 3. The van der Waals surface area contributed by atoms with Crippen molar-refractivity contribution in [3.63, 3.8) is 0 Å². The zero-order valence-electron chi connectivity index (χ0n) is 14.6. The van der Waals surface area contributed by atoms with Crippen LogP contribution in [0.1, 0.15) is 52.9 Å². The summed E-state index contributed by atoms with van der Waals surface area (Å²) in [5, 5.41) is 48.2. The maximum atomic E-state index is 9.00. The van der Waals surface area contributed by atoms with E-state index in [-0.39, 0.29) is 25.7 Å². The first-order valence-electron chi connectivity index (χ1n) is 7.46. The highest BCUT2D eigenvalue weighted by atomic mass is 16.4. The van der Waals surface area contributed by atoms with Gasteiger partial charge in [-0.15, -0.1) is 0 Å². The van der Waals surface area contributed by atoms with Crippen LogP contribution >= 0.6 is 0 Å². The number of aliphatic hydroxyl groups is 3. The molecule has 6 N–H and O–H groups in total. The lowest BCUT2D eigenvalue weighted by atomic mass is 10.0. The third-order valence-corrected chi connectivity index (χ3v) is 2.04. The molecular formula is C15H32O9. The minimum atomic E-state index is -0.833. The van der Waals surface area contributed by atoms with Crippen LogP contribution < -0.4 is 0 Å². The zero-order chi connectivity index (χ0) is 20.0. The predicted molar refractivity (Wildman–Crippen MR) is 87.8 cm³/mol. The summed E-state index contributed by atoms with van der Waals surface area (Å²) in [6.07, 6.45) is 4.91. The van der Waals surface area contributed by atoms with Gasteiger partial charge >= 0.3 is 0 Å². The molecule has 0 aliphatic rings. The molecule has 0 fully saturated rings. The molecule has 0 aromatic carbocycles. The molecular weight excluding hydrogens is 324 g/mol. The van der Waals surface area contributed by atoms with Crippen LogP contribution in [0.5, 0.6) is 0 Å². The van der Waals surface area contributed by atoms with Gasteiger partial charge in [-0.05, 0) is 12.8 Å². The Morgan fingerprint density at radius 1 is 0.667 bits per heavy atom. The number of hydrogen-bond acceptors (Lipinski definition) is 6. The molecule has 146 valence electrons. The van der Waals surface area contributed by atoms with Crippen LogP contribution in [0.3, 0.4) is 0 Å². The van der Waals surface area contributed by atoms with Crippen molar-refractivity contribution in [3.05, 3.63) is 0 Å². The molecule has 0 radical (unpaired) electrons. The molecule has 0 rings (SSSR count). The standard InChI is InChI=1S/C9H20O3.3C2H4O2/c10-6-4-2-1-3-5-9(7-11)8-12;3*1-2(3)4/h9-12H,1-8H2;3*1H3,(H,3,4). The Balaban J connectivity index is -0.000000137. The maximum Gasteiger partial charge on any atom is 0.300 e. The highest BCUT2D eigenvalue weighted by molar-refractivity contribution is 5.63. The van der Waals surface area contributed by atoms with Crippen molar-refractivity contribution in [1.29, 1.82) is 0 Å². The Hall–Kier alpha value is -1.71. The molecule has 0 amide bonds. The van der Waals surface area contributed by atoms with Crippen LogP contribution in [-0.4, -0.2) is 68.4 Å². The van der Waals surface area contributed by atoms with Crippen LogP contribution in [0.2, 0.25) is 0 Å². The molecule has 0 saturated carbocycles. The lowest BCUT2D eigenvalue weighted by Crippen LogP contribution is -2.10. The average molecular weight is 356 g/mol. The first-order valence-corrected chi connectivity index (χ1v) is 7.46. The average Bonchev–Trinajstić information content (AvgIpc) is 2.41. The summed E-state index contributed by atoms with van der Waals surface area (Å²) in [5.41, 5.74) is 0. The number of unbranched alkanes of at least 4 members (excludes halogenated alkanes) is 3. The molecule has 24 heavy (non-hydrogen) atoms. The monoisotopic (exact) mass is 356 g/mol. The fourth-order valence-electron chi connectivity index (χ4n) is 1.14. The van der Waals surface area contributed by atoms with Crippen molar-refractivity contribution in [1.82, 2.24) is 0 Å². The van der Waals surface area contributed by atoms with Gasteiger partial charge in [0.2, 0.25) is 0 Å². The second-order valence-corrected chi connectivity index (χ2v) is 4.71. The molecule has 0 aromatic rings. The third-order valence-electron chi connectivity index (χ3n) is 2.04. The zero-order valence-corrected chi connectivity index (χ0v) is 14.6. The Bertz CT molecular complexity index is 248. The van der Waals surface area contributed by atoms with Gasteiger partial charge in [-0.1, -0.05) is 19.3 Å². The van der Waals surface area contributed by atoms with Crippen LogP contribution in [0.25, 0.3) is 0 Å². The number of carboxylic acids is 3.